The molecule has 0 unspecified atom stereocenters. The third-order valence-corrected chi connectivity index (χ3v) is 13.3. The summed E-state index contributed by atoms with van der Waals surface area (Å²) in [6.45, 7) is 0.161. The van der Waals surface area contributed by atoms with Gasteiger partial charge in [0.05, 0.1) is 13.2 Å². The average molecular weight is 1000 g/mol. The number of rotatable bonds is 12. The minimum absolute atomic E-state index is 0.0804. The lowest BCUT2D eigenvalue weighted by atomic mass is 9.12. The molecule has 0 spiro atoms. The summed E-state index contributed by atoms with van der Waals surface area (Å²) in [5, 5.41) is 18.1. The molecule has 0 aliphatic heterocycles. The maximum atomic E-state index is 15.4. The third kappa shape index (κ3) is 9.21. The first kappa shape index (κ1) is 52.7. The van der Waals surface area contributed by atoms with Crippen LogP contribution in [0.25, 0.3) is 0 Å². The molecular weight excluding hydrogens is 975 g/mol. The molecule has 1 aliphatic rings. The second-order valence-electron chi connectivity index (χ2n) is 14.8. The van der Waals surface area contributed by atoms with E-state index >= 15 is 35.1 Å². The highest BCUT2D eigenvalue weighted by Crippen LogP contribution is 2.34. The lowest BCUT2D eigenvalue weighted by molar-refractivity contribution is 0.102. The molecule has 0 amide bonds. The second kappa shape index (κ2) is 20.9. The number of hydrogen-bond donors (Lipinski definition) is 2. The maximum Gasteiger partial charge on any atom is 0.211 e. The van der Waals surface area contributed by atoms with Gasteiger partial charge in [-0.15, -0.1) is 21.9 Å². The van der Waals surface area contributed by atoms with Gasteiger partial charge in [-0.05, 0) is 24.3 Å². The molecule has 2 N–H and O–H groups in total. The topological polar surface area (TPSA) is 57.5 Å². The lowest BCUT2D eigenvalue weighted by Crippen LogP contribution is -2.81. The molecule has 67 heavy (non-hydrogen) atoms. The molecule has 1 fully saturated rings. The summed E-state index contributed by atoms with van der Waals surface area (Å²) < 4.78 is 294. The molecule has 0 aromatic heterocycles. The first-order valence-corrected chi connectivity index (χ1v) is 20.9. The number of ketones is 1. The number of aliphatic hydroxyl groups excluding tert-OH is 2. The second-order valence-corrected chi connectivity index (χ2v) is 17.1. The highest BCUT2D eigenvalue weighted by atomic mass is 32.2. The van der Waals surface area contributed by atoms with E-state index in [0.29, 0.717) is 23.2 Å². The van der Waals surface area contributed by atoms with Crippen LogP contribution in [0.3, 0.4) is 0 Å². The maximum absolute atomic E-state index is 15.4. The van der Waals surface area contributed by atoms with Crippen LogP contribution in [0.2, 0.25) is 0 Å². The minimum atomic E-state index is -7.22. The minimum Gasteiger partial charge on any atom is -0.391 e. The number of benzene rings is 5. The molecule has 5 aromatic carbocycles. The summed E-state index contributed by atoms with van der Waals surface area (Å²) in [5.74, 6) is -69.0. The predicted octanol–water partition coefficient (Wildman–Crippen LogP) is 8.37. The molecule has 5 aromatic rings. The van der Waals surface area contributed by atoms with Crippen LogP contribution in [-0.4, -0.2) is 52.6 Å². The van der Waals surface area contributed by atoms with Crippen molar-refractivity contribution in [3.63, 3.8) is 0 Å². The van der Waals surface area contributed by atoms with E-state index in [9.17, 15) is 57.5 Å². The lowest BCUT2D eigenvalue weighted by Gasteiger charge is -2.44. The summed E-state index contributed by atoms with van der Waals surface area (Å²) >= 11 is 0. The van der Waals surface area contributed by atoms with Gasteiger partial charge in [-0.3, -0.25) is 4.79 Å². The van der Waals surface area contributed by atoms with Crippen LogP contribution < -0.4 is 21.9 Å². The largest absolute Gasteiger partial charge is 0.391 e. The molecule has 0 atom stereocenters. The van der Waals surface area contributed by atoms with Gasteiger partial charge in [-0.25, -0.2) is 87.8 Å². The molecule has 1 aliphatic carbocycles. The van der Waals surface area contributed by atoms with Crippen molar-refractivity contribution in [2.45, 2.75) is 38.0 Å². The van der Waals surface area contributed by atoms with Gasteiger partial charge in [0.2, 0.25) is 5.78 Å². The fraction of sp³-hybridized carbons (Fsp3) is 0.262. The van der Waals surface area contributed by atoms with Gasteiger partial charge in [0.15, 0.2) is 75.6 Å². The normalized spacial score (nSPS) is 13.4. The Hall–Kier alpha value is -5.30. The van der Waals surface area contributed by atoms with Crippen LogP contribution in [0, 0.1) is 116 Å². The van der Waals surface area contributed by atoms with Crippen molar-refractivity contribution in [3.8, 4) is 0 Å². The van der Waals surface area contributed by atoms with E-state index in [0.717, 1.165) is 5.56 Å². The van der Waals surface area contributed by atoms with E-state index in [4.69, 9.17) is 10.2 Å². The molecule has 1 saturated carbocycles. The first-order chi connectivity index (χ1) is 31.4. The van der Waals surface area contributed by atoms with Crippen molar-refractivity contribution in [1.29, 1.82) is 0 Å². The van der Waals surface area contributed by atoms with E-state index < -0.39 is 144 Å². The van der Waals surface area contributed by atoms with Crippen LogP contribution in [0.4, 0.5) is 87.8 Å². The van der Waals surface area contributed by atoms with E-state index in [2.05, 4.69) is 12.1 Å². The fourth-order valence-electron chi connectivity index (χ4n) is 8.02. The Morgan fingerprint density at radius 2 is 0.672 bits per heavy atom. The smallest absolute Gasteiger partial charge is 0.211 e. The molecule has 362 valence electrons. The van der Waals surface area contributed by atoms with Crippen LogP contribution in [0.1, 0.15) is 53.9 Å². The van der Waals surface area contributed by atoms with Crippen molar-refractivity contribution < 1.29 is 103 Å². The van der Waals surface area contributed by atoms with Crippen LogP contribution >= 0.6 is 0 Å². The third-order valence-electron chi connectivity index (χ3n) is 11.1. The zero-order chi connectivity index (χ0) is 50.1. The van der Waals surface area contributed by atoms with Crippen LogP contribution in [-0.2, 0) is 10.9 Å². The van der Waals surface area contributed by atoms with Crippen molar-refractivity contribution in [3.05, 3.63) is 152 Å². The zero-order valence-corrected chi connectivity index (χ0v) is 34.1. The Labute approximate surface area is 367 Å². The summed E-state index contributed by atoms with van der Waals surface area (Å²) in [7, 11) is -0.214. The number of carbonyl (C=O) groups excluding carboxylic acids is 1. The fourth-order valence-corrected chi connectivity index (χ4v) is 9.57. The molecule has 6 rings (SSSR count). The number of Topliss-reactive ketones (excluding diaryl/α,β-unsaturated/α-hetero) is 1. The molecule has 0 heterocycles. The van der Waals surface area contributed by atoms with E-state index in [1.54, 1.807) is 0 Å². The molecule has 0 radical (unpaired) electrons. The van der Waals surface area contributed by atoms with Gasteiger partial charge < -0.3 is 10.2 Å². The Morgan fingerprint density at radius 3 is 0.925 bits per heavy atom. The Balaban J connectivity index is 0.000000319. The number of hydrogen-bond acceptors (Lipinski definition) is 3. The number of carbonyl (C=O) groups is 1. The summed E-state index contributed by atoms with van der Waals surface area (Å²) in [6, 6.07) is 8.12. The zero-order valence-electron chi connectivity index (χ0n) is 33.3. The summed E-state index contributed by atoms with van der Waals surface area (Å²) in [5.41, 5.74) is -12.2. The van der Waals surface area contributed by atoms with Gasteiger partial charge in [-0.2, -0.15) is 0 Å². The molecule has 25 heteroatoms. The van der Waals surface area contributed by atoms with Crippen molar-refractivity contribution in [2.24, 2.45) is 0 Å². The molecular formula is C42H27BF20O3S. The number of aliphatic hydroxyl groups is 2. The Morgan fingerprint density at radius 1 is 0.418 bits per heavy atom. The number of halogens is 20. The average Bonchev–Trinajstić information content (AvgIpc) is 3.32. The van der Waals surface area contributed by atoms with E-state index in [1.807, 2.05) is 12.1 Å². The standard InChI is InChI=1S/C24BF20.C18H27O3S/c26-5-1(6(27)14(35)21(42)13(5)34)25(2-7(28)15(36)22(43)16(37)8(2)29,3-9(30)17(38)23(44)18(39)10(3)31)4-11(32)19(40)24(45)20(41)12(4)33;19-10-12-22(13-11-20)14-18(21)17-8-6-16(7-9-17)15-4-2-1-3-5-15/h;6-9,15,19-20H,1-5,10-14H2/q-1;+1. The van der Waals surface area contributed by atoms with Crippen molar-refractivity contribution >= 4 is 44.7 Å². The van der Waals surface area contributed by atoms with Gasteiger partial charge in [0.1, 0.15) is 64.2 Å². The Bertz CT molecular complexity index is 2330. The van der Waals surface area contributed by atoms with Gasteiger partial charge in [0, 0.05) is 16.5 Å². The quantitative estimate of drug-likeness (QED) is 0.0330. The highest BCUT2D eigenvalue weighted by molar-refractivity contribution is 7.97. The Kier molecular flexibility index (Phi) is 16.4. The van der Waals surface area contributed by atoms with Gasteiger partial charge >= 0.3 is 0 Å². The molecule has 3 nitrogen and oxygen atoms in total. The van der Waals surface area contributed by atoms with Crippen molar-refractivity contribution in [2.75, 3.05) is 30.5 Å². The van der Waals surface area contributed by atoms with Gasteiger partial charge in [0.25, 0.3) is 0 Å². The molecule has 0 bridgehead atoms. The van der Waals surface area contributed by atoms with Crippen molar-refractivity contribution in [1.82, 2.24) is 0 Å². The molecule has 0 saturated heterocycles. The van der Waals surface area contributed by atoms with Gasteiger partial charge in [-0.1, -0.05) is 43.5 Å². The predicted molar refractivity (Wildman–Crippen MR) is 202 cm³/mol. The van der Waals surface area contributed by atoms with Crippen LogP contribution in [0.15, 0.2) is 24.3 Å². The van der Waals surface area contributed by atoms with E-state index in [-0.39, 0.29) is 29.9 Å². The first-order valence-electron chi connectivity index (χ1n) is 19.2. The summed E-state index contributed by atoms with van der Waals surface area (Å²) in [6.07, 6.45) is -0.698. The monoisotopic (exact) mass is 1000 g/mol. The van der Waals surface area contributed by atoms with E-state index in [1.165, 1.54) is 37.7 Å². The SMILES string of the molecule is Fc1c(F)c(F)c([B-](c2c(F)c(F)c(F)c(F)c2F)(c2c(F)c(F)c(F)c(F)c2F)c2c(F)c(F)c(F)c(F)c2F)c(F)c1F.O=C(C[S+](CCO)CCO)c1ccc(C2CCCCC2)cc1. The van der Waals surface area contributed by atoms with Crippen LogP contribution in [0.5, 0.6) is 0 Å². The summed E-state index contributed by atoms with van der Waals surface area (Å²) in [4.78, 5) is 12.3. The highest BCUT2D eigenvalue weighted by Gasteiger charge is 2.52.